The van der Waals surface area contributed by atoms with Gasteiger partial charge in [-0.05, 0) is 30.7 Å². The molecule has 0 fully saturated rings. The van der Waals surface area contributed by atoms with Crippen LogP contribution in [-0.2, 0) is 17.9 Å². The second kappa shape index (κ2) is 7.25. The lowest BCUT2D eigenvalue weighted by Gasteiger charge is -2.10. The molecular weight excluding hydrogens is 361 g/mol. The summed E-state index contributed by atoms with van der Waals surface area (Å²) in [5, 5.41) is 9.30. The van der Waals surface area contributed by atoms with Crippen molar-refractivity contribution < 1.29 is 4.79 Å². The minimum Gasteiger partial charge on any atom is -0.350 e. The standard InChI is InChI=1S/C18H15Cl2N3O2/c1-11-14-4-2-3-5-15(14)18(25)23(22-11)10-17(24)21-9-12-6-7-13(19)8-16(12)20/h2-8H,9-10H2,1H3,(H,21,24). The number of carbonyl (C=O) groups is 1. The van der Waals surface area contributed by atoms with Crippen LogP contribution in [0.5, 0.6) is 0 Å². The van der Waals surface area contributed by atoms with Crippen LogP contribution in [-0.4, -0.2) is 15.7 Å². The van der Waals surface area contributed by atoms with Crippen molar-refractivity contribution in [3.8, 4) is 0 Å². The zero-order valence-corrected chi connectivity index (χ0v) is 14.9. The fraction of sp³-hybridized carbons (Fsp3) is 0.167. The van der Waals surface area contributed by atoms with Gasteiger partial charge in [0, 0.05) is 22.0 Å². The predicted molar refractivity (Wildman–Crippen MR) is 99.0 cm³/mol. The number of amides is 1. The zero-order chi connectivity index (χ0) is 18.0. The molecule has 0 spiro atoms. The highest BCUT2D eigenvalue weighted by Crippen LogP contribution is 2.20. The van der Waals surface area contributed by atoms with E-state index in [9.17, 15) is 9.59 Å². The Morgan fingerprint density at radius 1 is 1.16 bits per heavy atom. The molecule has 0 bridgehead atoms. The Morgan fingerprint density at radius 2 is 1.88 bits per heavy atom. The molecule has 2 aromatic carbocycles. The normalized spacial score (nSPS) is 10.8. The number of benzene rings is 2. The summed E-state index contributed by atoms with van der Waals surface area (Å²) >= 11 is 11.9. The van der Waals surface area contributed by atoms with Crippen molar-refractivity contribution >= 4 is 39.9 Å². The van der Waals surface area contributed by atoms with Crippen molar-refractivity contribution in [1.29, 1.82) is 0 Å². The van der Waals surface area contributed by atoms with Gasteiger partial charge in [-0.15, -0.1) is 0 Å². The Morgan fingerprint density at radius 3 is 2.60 bits per heavy atom. The van der Waals surface area contributed by atoms with Crippen LogP contribution in [0, 0.1) is 6.92 Å². The van der Waals surface area contributed by atoms with Crippen molar-refractivity contribution in [2.75, 3.05) is 0 Å². The van der Waals surface area contributed by atoms with E-state index in [4.69, 9.17) is 23.2 Å². The van der Waals surface area contributed by atoms with Crippen LogP contribution in [0.4, 0.5) is 0 Å². The molecule has 0 radical (unpaired) electrons. The van der Waals surface area contributed by atoms with Crippen LogP contribution in [0.2, 0.25) is 10.0 Å². The first-order valence-electron chi connectivity index (χ1n) is 7.63. The van der Waals surface area contributed by atoms with E-state index in [0.29, 0.717) is 21.1 Å². The third-order valence-electron chi connectivity index (χ3n) is 3.84. The Balaban J connectivity index is 1.76. The number of hydrogen-bond acceptors (Lipinski definition) is 3. The number of hydrogen-bond donors (Lipinski definition) is 1. The quantitative estimate of drug-likeness (QED) is 0.760. The van der Waals surface area contributed by atoms with E-state index in [1.165, 1.54) is 4.68 Å². The van der Waals surface area contributed by atoms with E-state index in [-0.39, 0.29) is 24.6 Å². The van der Waals surface area contributed by atoms with Crippen LogP contribution < -0.4 is 10.9 Å². The lowest BCUT2D eigenvalue weighted by Crippen LogP contribution is -2.33. The fourth-order valence-electron chi connectivity index (χ4n) is 2.56. The first-order valence-corrected chi connectivity index (χ1v) is 8.38. The number of aryl methyl sites for hydroxylation is 1. The minimum atomic E-state index is -0.324. The molecule has 5 nitrogen and oxygen atoms in total. The summed E-state index contributed by atoms with van der Waals surface area (Å²) in [4.78, 5) is 24.7. The van der Waals surface area contributed by atoms with Gasteiger partial charge in [-0.25, -0.2) is 4.68 Å². The highest BCUT2D eigenvalue weighted by molar-refractivity contribution is 6.35. The molecule has 128 valence electrons. The van der Waals surface area contributed by atoms with Crippen LogP contribution in [0.25, 0.3) is 10.8 Å². The van der Waals surface area contributed by atoms with Crippen LogP contribution in [0.15, 0.2) is 47.3 Å². The van der Waals surface area contributed by atoms with Gasteiger partial charge in [0.15, 0.2) is 0 Å². The molecule has 7 heteroatoms. The van der Waals surface area contributed by atoms with E-state index in [1.54, 1.807) is 30.3 Å². The van der Waals surface area contributed by atoms with Gasteiger partial charge in [-0.1, -0.05) is 47.5 Å². The Kier molecular flexibility index (Phi) is 5.06. The molecule has 0 unspecified atom stereocenters. The second-order valence-electron chi connectivity index (χ2n) is 5.61. The molecule has 0 aliphatic heterocycles. The summed E-state index contributed by atoms with van der Waals surface area (Å²) in [6, 6.07) is 12.3. The fourth-order valence-corrected chi connectivity index (χ4v) is 3.04. The SMILES string of the molecule is Cc1nn(CC(=O)NCc2ccc(Cl)cc2Cl)c(=O)c2ccccc12. The highest BCUT2D eigenvalue weighted by Gasteiger charge is 2.11. The van der Waals surface area contributed by atoms with Crippen molar-refractivity contribution in [3.05, 3.63) is 74.1 Å². The van der Waals surface area contributed by atoms with Gasteiger partial charge in [0.1, 0.15) is 6.54 Å². The van der Waals surface area contributed by atoms with Crippen molar-refractivity contribution in [2.45, 2.75) is 20.0 Å². The minimum absolute atomic E-state index is 0.157. The average Bonchev–Trinajstić information content (AvgIpc) is 2.59. The van der Waals surface area contributed by atoms with Crippen molar-refractivity contribution in [1.82, 2.24) is 15.1 Å². The molecule has 0 aliphatic carbocycles. The first-order chi connectivity index (χ1) is 12.0. The van der Waals surface area contributed by atoms with Crippen molar-refractivity contribution in [2.24, 2.45) is 0 Å². The Labute approximate surface area is 154 Å². The number of fused-ring (bicyclic) bond motifs is 1. The molecule has 0 saturated heterocycles. The lowest BCUT2D eigenvalue weighted by atomic mass is 10.1. The molecule has 0 aliphatic rings. The van der Waals surface area contributed by atoms with Gasteiger partial charge < -0.3 is 5.32 Å². The zero-order valence-electron chi connectivity index (χ0n) is 13.4. The summed E-state index contributed by atoms with van der Waals surface area (Å²) in [6.07, 6.45) is 0. The monoisotopic (exact) mass is 375 g/mol. The van der Waals surface area contributed by atoms with Gasteiger partial charge in [0.05, 0.1) is 11.1 Å². The van der Waals surface area contributed by atoms with Crippen LogP contribution in [0.1, 0.15) is 11.3 Å². The predicted octanol–water partition coefficient (Wildman–Crippen LogP) is 3.33. The Bertz CT molecular complexity index is 1010. The Hall–Kier alpha value is -2.37. The van der Waals surface area contributed by atoms with Crippen LogP contribution >= 0.6 is 23.2 Å². The molecule has 3 rings (SSSR count). The van der Waals surface area contributed by atoms with E-state index >= 15 is 0 Å². The summed E-state index contributed by atoms with van der Waals surface area (Å²) in [6.45, 7) is 1.90. The maximum Gasteiger partial charge on any atom is 0.275 e. The molecule has 1 amide bonds. The topological polar surface area (TPSA) is 64.0 Å². The maximum atomic E-state index is 12.5. The summed E-state index contributed by atoms with van der Waals surface area (Å²) in [5.41, 5.74) is 1.15. The molecule has 1 aromatic heterocycles. The summed E-state index contributed by atoms with van der Waals surface area (Å²) in [5.74, 6) is -0.324. The van der Waals surface area contributed by atoms with Gasteiger partial charge in [-0.2, -0.15) is 5.10 Å². The van der Waals surface area contributed by atoms with Crippen molar-refractivity contribution in [3.63, 3.8) is 0 Å². The van der Waals surface area contributed by atoms with E-state index < -0.39 is 0 Å². The van der Waals surface area contributed by atoms with Gasteiger partial charge >= 0.3 is 0 Å². The number of rotatable bonds is 4. The second-order valence-corrected chi connectivity index (χ2v) is 6.45. The summed E-state index contributed by atoms with van der Waals surface area (Å²) in [7, 11) is 0. The van der Waals surface area contributed by atoms with Gasteiger partial charge in [0.25, 0.3) is 5.56 Å². The first kappa shape index (κ1) is 17.5. The molecule has 25 heavy (non-hydrogen) atoms. The third-order valence-corrected chi connectivity index (χ3v) is 4.42. The number of nitrogens with zero attached hydrogens (tertiary/aromatic N) is 2. The maximum absolute atomic E-state index is 12.5. The van der Waals surface area contributed by atoms with Crippen LogP contribution in [0.3, 0.4) is 0 Å². The number of carbonyl (C=O) groups excluding carboxylic acids is 1. The van der Waals surface area contributed by atoms with Gasteiger partial charge in [0.2, 0.25) is 5.91 Å². The third kappa shape index (κ3) is 3.83. The van der Waals surface area contributed by atoms with E-state index in [1.807, 2.05) is 19.1 Å². The number of aromatic nitrogens is 2. The highest BCUT2D eigenvalue weighted by atomic mass is 35.5. The molecule has 3 aromatic rings. The molecule has 0 atom stereocenters. The molecule has 1 N–H and O–H groups in total. The molecular formula is C18H15Cl2N3O2. The number of halogens is 2. The smallest absolute Gasteiger partial charge is 0.275 e. The molecule has 1 heterocycles. The molecule has 0 saturated carbocycles. The van der Waals surface area contributed by atoms with Gasteiger partial charge in [-0.3, -0.25) is 9.59 Å². The lowest BCUT2D eigenvalue weighted by molar-refractivity contribution is -0.122. The average molecular weight is 376 g/mol. The van der Waals surface area contributed by atoms with E-state index in [0.717, 1.165) is 10.9 Å². The largest absolute Gasteiger partial charge is 0.350 e. The summed E-state index contributed by atoms with van der Waals surface area (Å²) < 4.78 is 1.18. The number of nitrogens with one attached hydrogen (secondary N) is 1. The van der Waals surface area contributed by atoms with E-state index in [2.05, 4.69) is 10.4 Å².